The molecule has 1 aromatic heterocycles. The topological polar surface area (TPSA) is 28.2 Å². The van der Waals surface area contributed by atoms with Crippen LogP contribution in [0.2, 0.25) is 0 Å². The molecule has 0 aliphatic carbocycles. The van der Waals surface area contributed by atoms with E-state index in [1.165, 1.54) is 27.8 Å². The van der Waals surface area contributed by atoms with Crippen molar-refractivity contribution in [2.75, 3.05) is 23.3 Å². The van der Waals surface area contributed by atoms with Crippen LogP contribution in [0, 0.1) is 3.57 Å². The minimum atomic E-state index is 0.575. The molecule has 1 saturated heterocycles. The van der Waals surface area contributed by atoms with E-state index in [4.69, 9.17) is 0 Å². The number of hydrogen-bond donors (Lipinski definition) is 1. The average molecular weight is 379 g/mol. The van der Waals surface area contributed by atoms with Crippen LogP contribution in [0.4, 0.5) is 11.4 Å². The summed E-state index contributed by atoms with van der Waals surface area (Å²) in [6.07, 6.45) is 6.08. The quantitative estimate of drug-likeness (QED) is 0.824. The van der Waals surface area contributed by atoms with Gasteiger partial charge in [0, 0.05) is 46.5 Å². The third-order valence-electron chi connectivity index (χ3n) is 3.72. The van der Waals surface area contributed by atoms with E-state index in [1.807, 2.05) is 12.4 Å². The number of pyridine rings is 1. The number of nitrogens with zero attached hydrogens (tertiary/aromatic N) is 2. The van der Waals surface area contributed by atoms with Crippen molar-refractivity contribution in [2.45, 2.75) is 18.9 Å². The van der Waals surface area contributed by atoms with Crippen molar-refractivity contribution in [1.82, 2.24) is 4.98 Å². The molecule has 0 bridgehead atoms. The summed E-state index contributed by atoms with van der Waals surface area (Å²) in [5.41, 5.74) is 2.52. The molecular formula is C16H18IN3. The second-order valence-corrected chi connectivity index (χ2v) is 6.37. The Bertz CT molecular complexity index is 551. The average Bonchev–Trinajstić information content (AvgIpc) is 2.49. The molecule has 0 amide bonds. The monoisotopic (exact) mass is 379 g/mol. The summed E-state index contributed by atoms with van der Waals surface area (Å²) in [5, 5.41) is 3.65. The van der Waals surface area contributed by atoms with Gasteiger partial charge in [0.2, 0.25) is 0 Å². The second-order valence-electron chi connectivity index (χ2n) is 5.12. The van der Waals surface area contributed by atoms with Crippen molar-refractivity contribution in [3.8, 4) is 0 Å². The first-order chi connectivity index (χ1) is 9.81. The molecule has 1 aliphatic rings. The van der Waals surface area contributed by atoms with Gasteiger partial charge in [-0.15, -0.1) is 0 Å². The van der Waals surface area contributed by atoms with Gasteiger partial charge in [-0.2, -0.15) is 0 Å². The van der Waals surface area contributed by atoms with Gasteiger partial charge in [-0.25, -0.2) is 0 Å². The zero-order valence-electron chi connectivity index (χ0n) is 11.3. The molecular weight excluding hydrogens is 361 g/mol. The summed E-state index contributed by atoms with van der Waals surface area (Å²) in [5.74, 6) is 0. The summed E-state index contributed by atoms with van der Waals surface area (Å²) in [6.45, 7) is 2.21. The molecule has 3 nitrogen and oxygen atoms in total. The number of rotatable bonds is 3. The Balaban J connectivity index is 1.56. The lowest BCUT2D eigenvalue weighted by atomic mass is 10.0. The molecule has 20 heavy (non-hydrogen) atoms. The standard InChI is InChI=1S/C16H18IN3/c17-13-2-1-3-15(12-13)19-14-6-10-20(11-7-14)16-4-8-18-9-5-16/h1-5,8-9,12,14,19H,6-7,10-11H2. The van der Waals surface area contributed by atoms with Gasteiger partial charge in [0.25, 0.3) is 0 Å². The largest absolute Gasteiger partial charge is 0.382 e. The van der Waals surface area contributed by atoms with Gasteiger partial charge in [-0.05, 0) is 65.8 Å². The van der Waals surface area contributed by atoms with Crippen molar-refractivity contribution in [1.29, 1.82) is 0 Å². The molecule has 0 atom stereocenters. The van der Waals surface area contributed by atoms with Crippen molar-refractivity contribution in [2.24, 2.45) is 0 Å². The smallest absolute Gasteiger partial charge is 0.0397 e. The highest BCUT2D eigenvalue weighted by atomic mass is 127. The number of piperidine rings is 1. The van der Waals surface area contributed by atoms with Crippen molar-refractivity contribution in [3.63, 3.8) is 0 Å². The minimum Gasteiger partial charge on any atom is -0.382 e. The normalized spacial score (nSPS) is 16.1. The predicted octanol–water partition coefficient (Wildman–Crippen LogP) is 3.77. The van der Waals surface area contributed by atoms with E-state index < -0.39 is 0 Å². The van der Waals surface area contributed by atoms with E-state index in [0.717, 1.165) is 13.1 Å². The van der Waals surface area contributed by atoms with E-state index in [0.29, 0.717) is 6.04 Å². The van der Waals surface area contributed by atoms with Crippen LogP contribution in [0.15, 0.2) is 48.8 Å². The molecule has 4 heteroatoms. The maximum absolute atomic E-state index is 4.08. The van der Waals surface area contributed by atoms with Crippen molar-refractivity contribution in [3.05, 3.63) is 52.4 Å². The van der Waals surface area contributed by atoms with Crippen LogP contribution in [-0.2, 0) is 0 Å². The number of halogens is 1. The Morgan fingerprint density at radius 3 is 2.55 bits per heavy atom. The number of hydrogen-bond acceptors (Lipinski definition) is 3. The minimum absolute atomic E-state index is 0.575. The highest BCUT2D eigenvalue weighted by molar-refractivity contribution is 14.1. The molecule has 0 saturated carbocycles. The Kier molecular flexibility index (Phi) is 4.40. The van der Waals surface area contributed by atoms with E-state index in [1.54, 1.807) is 0 Å². The number of anilines is 2. The van der Waals surface area contributed by atoms with E-state index in [9.17, 15) is 0 Å². The van der Waals surface area contributed by atoms with E-state index in [2.05, 4.69) is 74.2 Å². The van der Waals surface area contributed by atoms with Gasteiger partial charge in [-0.3, -0.25) is 4.98 Å². The van der Waals surface area contributed by atoms with Crippen LogP contribution in [0.3, 0.4) is 0 Å². The van der Waals surface area contributed by atoms with E-state index in [-0.39, 0.29) is 0 Å². The molecule has 2 heterocycles. The molecule has 3 rings (SSSR count). The summed E-state index contributed by atoms with van der Waals surface area (Å²) in [6, 6.07) is 13.3. The zero-order valence-corrected chi connectivity index (χ0v) is 13.5. The zero-order chi connectivity index (χ0) is 13.8. The molecule has 104 valence electrons. The molecule has 0 radical (unpaired) electrons. The number of aromatic nitrogens is 1. The lowest BCUT2D eigenvalue weighted by molar-refractivity contribution is 0.526. The fourth-order valence-corrected chi connectivity index (χ4v) is 3.19. The summed E-state index contributed by atoms with van der Waals surface area (Å²) in [7, 11) is 0. The molecule has 0 spiro atoms. The van der Waals surface area contributed by atoms with Crippen LogP contribution >= 0.6 is 22.6 Å². The molecule has 1 aromatic carbocycles. The van der Waals surface area contributed by atoms with Gasteiger partial charge >= 0.3 is 0 Å². The van der Waals surface area contributed by atoms with Crippen LogP contribution in [0.1, 0.15) is 12.8 Å². The maximum atomic E-state index is 4.08. The van der Waals surface area contributed by atoms with Crippen LogP contribution in [-0.4, -0.2) is 24.1 Å². The van der Waals surface area contributed by atoms with Gasteiger partial charge in [0.05, 0.1) is 0 Å². The summed E-state index contributed by atoms with van der Waals surface area (Å²) < 4.78 is 1.28. The summed E-state index contributed by atoms with van der Waals surface area (Å²) in [4.78, 5) is 6.52. The highest BCUT2D eigenvalue weighted by Crippen LogP contribution is 2.22. The predicted molar refractivity (Wildman–Crippen MR) is 92.3 cm³/mol. The van der Waals surface area contributed by atoms with Crippen LogP contribution < -0.4 is 10.2 Å². The van der Waals surface area contributed by atoms with Gasteiger partial charge < -0.3 is 10.2 Å². The van der Waals surface area contributed by atoms with E-state index >= 15 is 0 Å². The van der Waals surface area contributed by atoms with Gasteiger partial charge in [0.1, 0.15) is 0 Å². The lowest BCUT2D eigenvalue weighted by Gasteiger charge is -2.34. The lowest BCUT2D eigenvalue weighted by Crippen LogP contribution is -2.39. The molecule has 1 fully saturated rings. The Morgan fingerprint density at radius 1 is 1.10 bits per heavy atom. The molecule has 1 N–H and O–H groups in total. The Labute approximate surface area is 133 Å². The fraction of sp³-hybridized carbons (Fsp3) is 0.312. The number of benzene rings is 1. The van der Waals surface area contributed by atoms with Gasteiger partial charge in [-0.1, -0.05) is 6.07 Å². The first kappa shape index (κ1) is 13.7. The molecule has 2 aromatic rings. The Morgan fingerprint density at radius 2 is 1.85 bits per heavy atom. The maximum Gasteiger partial charge on any atom is 0.0397 e. The SMILES string of the molecule is Ic1cccc(NC2CCN(c3ccncc3)CC2)c1. The molecule has 0 unspecified atom stereocenters. The Hall–Kier alpha value is -1.30. The number of nitrogens with one attached hydrogen (secondary N) is 1. The fourth-order valence-electron chi connectivity index (χ4n) is 2.65. The summed E-state index contributed by atoms with van der Waals surface area (Å²) >= 11 is 2.36. The third-order valence-corrected chi connectivity index (χ3v) is 4.39. The van der Waals surface area contributed by atoms with Crippen LogP contribution in [0.5, 0.6) is 0 Å². The highest BCUT2D eigenvalue weighted by Gasteiger charge is 2.19. The van der Waals surface area contributed by atoms with Crippen LogP contribution in [0.25, 0.3) is 0 Å². The first-order valence-electron chi connectivity index (χ1n) is 6.98. The molecule has 1 aliphatic heterocycles. The third kappa shape index (κ3) is 3.42. The first-order valence-corrected chi connectivity index (χ1v) is 8.06. The van der Waals surface area contributed by atoms with Crippen molar-refractivity contribution >= 4 is 34.0 Å². The van der Waals surface area contributed by atoms with Crippen molar-refractivity contribution < 1.29 is 0 Å². The second kappa shape index (κ2) is 6.43. The van der Waals surface area contributed by atoms with Gasteiger partial charge in [0.15, 0.2) is 0 Å².